The minimum atomic E-state index is -0.971. The number of carbonyl (C=O) groups is 2. The van der Waals surface area contributed by atoms with Gasteiger partial charge in [-0.2, -0.15) is 0 Å². The molecule has 0 aromatic rings. The number of rotatable bonds is 10. The van der Waals surface area contributed by atoms with Crippen LogP contribution in [0.3, 0.4) is 0 Å². The molecule has 1 unspecified atom stereocenters. The zero-order valence-corrected chi connectivity index (χ0v) is 19.2. The van der Waals surface area contributed by atoms with Gasteiger partial charge in [-0.1, -0.05) is 0 Å². The molecule has 0 amide bonds. The molecule has 1 aliphatic heterocycles. The fourth-order valence-corrected chi connectivity index (χ4v) is 12.3. The Bertz CT molecular complexity index is 349. The third-order valence-electron chi connectivity index (χ3n) is 4.54. The summed E-state index contributed by atoms with van der Waals surface area (Å²) in [5, 5.41) is 8.63. The maximum atomic E-state index is 10.7. The van der Waals surface area contributed by atoms with Gasteiger partial charge in [-0.3, -0.25) is 9.59 Å². The van der Waals surface area contributed by atoms with Gasteiger partial charge < -0.3 is 9.84 Å². The zero-order valence-electron chi connectivity index (χ0n) is 16.3. The van der Waals surface area contributed by atoms with E-state index in [0.717, 1.165) is 0 Å². The molecule has 141 valence electrons. The summed E-state index contributed by atoms with van der Waals surface area (Å²) >= 11 is -0.839. The molecule has 0 spiro atoms. The van der Waals surface area contributed by atoms with Gasteiger partial charge in [0.1, 0.15) is 11.5 Å². The summed E-state index contributed by atoms with van der Waals surface area (Å²) in [6, 6.07) is 0. The van der Waals surface area contributed by atoms with Crippen LogP contribution in [0.4, 0.5) is 0 Å². The van der Waals surface area contributed by atoms with E-state index in [9.17, 15) is 9.59 Å². The molecule has 24 heavy (non-hydrogen) atoms. The Labute approximate surface area is 155 Å². The quantitative estimate of drug-likeness (QED) is 0.364. The van der Waals surface area contributed by atoms with Gasteiger partial charge in [-0.25, -0.2) is 0 Å². The maximum absolute atomic E-state index is 10.7. The first kappa shape index (κ1) is 23.7. The van der Waals surface area contributed by atoms with E-state index in [2.05, 4.69) is 20.8 Å². The van der Waals surface area contributed by atoms with Crippen molar-refractivity contribution in [2.45, 2.75) is 98.5 Å². The summed E-state index contributed by atoms with van der Waals surface area (Å²) in [6.45, 7) is 10.2. The molecular formula is C19H37O4Sn. The van der Waals surface area contributed by atoms with Crippen LogP contribution in [0.2, 0.25) is 13.3 Å². The van der Waals surface area contributed by atoms with E-state index in [1.54, 1.807) is 27.2 Å². The minimum absolute atomic E-state index is 0.0116. The molecule has 1 aliphatic rings. The van der Waals surface area contributed by atoms with Crippen LogP contribution in [0.25, 0.3) is 0 Å². The van der Waals surface area contributed by atoms with E-state index in [1.165, 1.54) is 38.5 Å². The van der Waals surface area contributed by atoms with Crippen LogP contribution in [-0.2, 0) is 14.3 Å². The fourth-order valence-electron chi connectivity index (χ4n) is 2.86. The van der Waals surface area contributed by atoms with Crippen LogP contribution in [-0.4, -0.2) is 42.4 Å². The van der Waals surface area contributed by atoms with Gasteiger partial charge in [-0.05, 0) is 13.8 Å². The number of esters is 1. The van der Waals surface area contributed by atoms with Gasteiger partial charge in [-0.15, -0.1) is 0 Å². The van der Waals surface area contributed by atoms with E-state index in [4.69, 9.17) is 9.84 Å². The monoisotopic (exact) mass is 449 g/mol. The molecule has 0 aliphatic carbocycles. The number of ether oxygens (including phenoxy) is 1. The van der Waals surface area contributed by atoms with Crippen LogP contribution in [0.1, 0.15) is 79.6 Å². The summed E-state index contributed by atoms with van der Waals surface area (Å²) in [7, 11) is 0. The van der Waals surface area contributed by atoms with Crippen molar-refractivity contribution in [1.82, 2.24) is 0 Å². The number of carboxylic acids is 1. The Morgan fingerprint density at radius 1 is 1.08 bits per heavy atom. The molecule has 0 saturated carbocycles. The van der Waals surface area contributed by atoms with Crippen molar-refractivity contribution in [3.05, 3.63) is 0 Å². The van der Waals surface area contributed by atoms with Crippen molar-refractivity contribution < 1.29 is 19.4 Å². The molecule has 0 bridgehead atoms. The van der Waals surface area contributed by atoms with Gasteiger partial charge in [0.15, 0.2) is 0 Å². The molecule has 1 rings (SSSR count). The number of hydrogen-bond donors (Lipinski definition) is 1. The Kier molecular flexibility index (Phi) is 12.9. The number of unbranched alkanes of at least 4 members (excludes halogenated alkanes) is 3. The predicted molar refractivity (Wildman–Crippen MR) is 101 cm³/mol. The zero-order chi connectivity index (χ0) is 18.6. The van der Waals surface area contributed by atoms with Crippen LogP contribution in [0, 0.1) is 5.92 Å². The topological polar surface area (TPSA) is 63.6 Å². The summed E-state index contributed by atoms with van der Waals surface area (Å²) in [6.07, 6.45) is 8.84. The van der Waals surface area contributed by atoms with E-state index < -0.39 is 43.2 Å². The molecule has 0 aromatic carbocycles. The van der Waals surface area contributed by atoms with Crippen LogP contribution in [0.15, 0.2) is 0 Å². The van der Waals surface area contributed by atoms with Gasteiger partial charge >= 0.3 is 104 Å². The molecule has 1 atom stereocenters. The Hall–Kier alpha value is -0.261. The average molecular weight is 448 g/mol. The predicted octanol–water partition coefficient (Wildman–Crippen LogP) is 5.29. The standard InChI is InChI=1S/C7H10O4.3C4H9.Sn/c1-7(2)4(6(9)10)3-5(8)11-7;3*1-3-4-2;/h4H,3H2,1-2H3,(H,9,10);3*1,3-4H2,2H3;. The molecule has 1 saturated heterocycles. The second-order valence-electron chi connectivity index (χ2n) is 7.23. The van der Waals surface area contributed by atoms with E-state index in [-0.39, 0.29) is 6.42 Å². The van der Waals surface area contributed by atoms with Crippen molar-refractivity contribution in [3.8, 4) is 0 Å². The van der Waals surface area contributed by atoms with Crippen molar-refractivity contribution in [3.63, 3.8) is 0 Å². The summed E-state index contributed by atoms with van der Waals surface area (Å²) in [4.78, 5) is 21.2. The molecule has 1 N–H and O–H groups in total. The second-order valence-corrected chi connectivity index (χ2v) is 15.8. The van der Waals surface area contributed by atoms with E-state index in [1.807, 2.05) is 0 Å². The van der Waals surface area contributed by atoms with Gasteiger partial charge in [0.25, 0.3) is 0 Å². The van der Waals surface area contributed by atoms with Crippen molar-refractivity contribution in [1.29, 1.82) is 0 Å². The summed E-state index contributed by atoms with van der Waals surface area (Å²) in [5.74, 6) is -2.10. The first-order valence-corrected chi connectivity index (χ1v) is 15.6. The Morgan fingerprint density at radius 2 is 1.50 bits per heavy atom. The molecule has 5 heteroatoms. The number of carboxylic acid groups (broad SMARTS) is 1. The fraction of sp³-hybridized carbons (Fsp3) is 0.895. The van der Waals surface area contributed by atoms with Crippen molar-refractivity contribution in [2.75, 3.05) is 0 Å². The van der Waals surface area contributed by atoms with Crippen molar-refractivity contribution in [2.24, 2.45) is 5.92 Å². The average Bonchev–Trinajstić information content (AvgIpc) is 2.80. The van der Waals surface area contributed by atoms with Gasteiger partial charge in [0, 0.05) is 0 Å². The molecule has 1 radical (unpaired) electrons. The van der Waals surface area contributed by atoms with Gasteiger partial charge in [0.05, 0.1) is 6.42 Å². The third-order valence-corrected chi connectivity index (χ3v) is 13.6. The first-order chi connectivity index (χ1) is 11.3. The summed E-state index contributed by atoms with van der Waals surface area (Å²) in [5.41, 5.74) is -0.844. The van der Waals surface area contributed by atoms with Crippen LogP contribution >= 0.6 is 0 Å². The van der Waals surface area contributed by atoms with Crippen LogP contribution in [0.5, 0.6) is 0 Å². The molecule has 1 heterocycles. The van der Waals surface area contributed by atoms with E-state index in [0.29, 0.717) is 0 Å². The van der Waals surface area contributed by atoms with Gasteiger partial charge in [0.2, 0.25) is 0 Å². The summed E-state index contributed by atoms with van der Waals surface area (Å²) < 4.78 is 9.84. The Balaban J connectivity index is 0.000000446. The number of carbonyl (C=O) groups excluding carboxylic acids is 1. The Morgan fingerprint density at radius 3 is 1.71 bits per heavy atom. The SMILES string of the molecule is CC1(C)OC(=O)CC1C(=O)O.CCC[CH2][Sn]([CH2]CCC)[CH2]CCC. The second kappa shape index (κ2) is 13.0. The molecule has 4 nitrogen and oxygen atoms in total. The molecule has 1 fully saturated rings. The van der Waals surface area contributed by atoms with E-state index >= 15 is 0 Å². The number of hydrogen-bond acceptors (Lipinski definition) is 3. The molecular weight excluding hydrogens is 411 g/mol. The number of aliphatic carboxylic acids is 1. The normalized spacial score (nSPS) is 18.9. The number of cyclic esters (lactones) is 1. The van der Waals surface area contributed by atoms with Crippen molar-refractivity contribution >= 4 is 31.7 Å². The third kappa shape index (κ3) is 9.90. The first-order valence-electron chi connectivity index (χ1n) is 9.56. The molecule has 0 aromatic heterocycles. The van der Waals surface area contributed by atoms with Crippen LogP contribution < -0.4 is 0 Å².